The molecule has 6 nitrogen and oxygen atoms in total. The highest BCUT2D eigenvalue weighted by molar-refractivity contribution is 5.94. The number of carbonyl (C=O) groups excluding carboxylic acids is 1. The number of aryl methyl sites for hydroxylation is 1. The van der Waals surface area contributed by atoms with Crippen molar-refractivity contribution >= 4 is 5.91 Å². The first-order chi connectivity index (χ1) is 15.7. The van der Waals surface area contributed by atoms with E-state index >= 15 is 0 Å². The Morgan fingerprint density at radius 2 is 1.78 bits per heavy atom. The molecule has 3 aromatic rings. The van der Waals surface area contributed by atoms with Gasteiger partial charge in [0, 0.05) is 45.0 Å². The quantitative estimate of drug-likeness (QED) is 0.562. The molecule has 0 radical (unpaired) electrons. The van der Waals surface area contributed by atoms with Crippen LogP contribution in [-0.2, 0) is 19.9 Å². The molecule has 1 amide bonds. The van der Waals surface area contributed by atoms with Gasteiger partial charge in [0.2, 0.25) is 0 Å². The number of carbonyl (C=O) groups is 1. The molecule has 0 spiro atoms. The van der Waals surface area contributed by atoms with Crippen molar-refractivity contribution in [1.29, 1.82) is 0 Å². The van der Waals surface area contributed by atoms with Gasteiger partial charge in [0.25, 0.3) is 5.91 Å². The molecule has 6 heteroatoms. The summed E-state index contributed by atoms with van der Waals surface area (Å²) in [5, 5.41) is 7.11. The van der Waals surface area contributed by atoms with E-state index < -0.39 is 0 Å². The molecular weight excluding hydrogens is 400 g/mol. The lowest BCUT2D eigenvalue weighted by Crippen LogP contribution is -2.39. The molecule has 0 bridgehead atoms. The van der Waals surface area contributed by atoms with Crippen LogP contribution in [0.25, 0.3) is 0 Å². The van der Waals surface area contributed by atoms with E-state index in [0.717, 1.165) is 56.6 Å². The molecule has 168 valence electrons. The van der Waals surface area contributed by atoms with Crippen LogP contribution < -0.4 is 10.1 Å². The summed E-state index contributed by atoms with van der Waals surface area (Å²) >= 11 is 0. The fourth-order valence-corrected chi connectivity index (χ4v) is 4.08. The molecule has 1 aliphatic heterocycles. The second-order valence-electron chi connectivity index (χ2n) is 8.45. The third-order valence-corrected chi connectivity index (χ3v) is 5.97. The molecule has 0 aliphatic carbocycles. The van der Waals surface area contributed by atoms with E-state index in [1.54, 1.807) is 4.68 Å². The predicted molar refractivity (Wildman–Crippen MR) is 126 cm³/mol. The van der Waals surface area contributed by atoms with Gasteiger partial charge in [-0.3, -0.25) is 9.48 Å². The van der Waals surface area contributed by atoms with Gasteiger partial charge in [0.15, 0.2) is 0 Å². The topological polar surface area (TPSA) is 59.4 Å². The lowest BCUT2D eigenvalue weighted by Gasteiger charge is -2.32. The van der Waals surface area contributed by atoms with Crippen LogP contribution in [0.5, 0.6) is 5.75 Å². The van der Waals surface area contributed by atoms with Crippen LogP contribution >= 0.6 is 0 Å². The summed E-state index contributed by atoms with van der Waals surface area (Å²) in [6.45, 7) is 3.82. The van der Waals surface area contributed by atoms with Crippen molar-refractivity contribution in [2.24, 2.45) is 7.05 Å². The fourth-order valence-electron chi connectivity index (χ4n) is 4.08. The van der Waals surface area contributed by atoms with Crippen LogP contribution in [0.2, 0.25) is 0 Å². The van der Waals surface area contributed by atoms with E-state index in [4.69, 9.17) is 4.74 Å². The van der Waals surface area contributed by atoms with Gasteiger partial charge in [-0.2, -0.15) is 5.10 Å². The van der Waals surface area contributed by atoms with Crippen LogP contribution in [0, 0.1) is 0 Å². The van der Waals surface area contributed by atoms with Crippen LogP contribution in [-0.4, -0.2) is 52.9 Å². The van der Waals surface area contributed by atoms with Crippen molar-refractivity contribution in [2.45, 2.75) is 31.8 Å². The average Bonchev–Trinajstić information content (AvgIpc) is 3.24. The summed E-state index contributed by atoms with van der Waals surface area (Å²) in [5.74, 6) is 0.770. The smallest absolute Gasteiger partial charge is 0.251 e. The number of nitrogens with zero attached hydrogens (tertiary/aromatic N) is 3. The van der Waals surface area contributed by atoms with Gasteiger partial charge in [-0.1, -0.05) is 30.3 Å². The number of benzene rings is 2. The van der Waals surface area contributed by atoms with Crippen LogP contribution in [0.1, 0.15) is 34.3 Å². The predicted octanol–water partition coefficient (Wildman–Crippen LogP) is 3.48. The van der Waals surface area contributed by atoms with Gasteiger partial charge in [-0.15, -0.1) is 0 Å². The molecule has 1 aliphatic rings. The van der Waals surface area contributed by atoms with E-state index in [9.17, 15) is 4.79 Å². The minimum absolute atomic E-state index is 0.0628. The Hall–Kier alpha value is -3.12. The highest BCUT2D eigenvalue weighted by Crippen LogP contribution is 2.20. The van der Waals surface area contributed by atoms with Crippen molar-refractivity contribution < 1.29 is 9.53 Å². The zero-order valence-corrected chi connectivity index (χ0v) is 18.7. The molecule has 0 saturated carbocycles. The minimum Gasteiger partial charge on any atom is -0.490 e. The molecule has 1 fully saturated rings. The molecule has 0 unspecified atom stereocenters. The maximum atomic E-state index is 12.4. The molecular formula is C26H32N4O2. The number of likely N-dealkylation sites (tertiary alicyclic amines) is 1. The summed E-state index contributed by atoms with van der Waals surface area (Å²) in [6, 6.07) is 18.1. The third-order valence-electron chi connectivity index (χ3n) is 5.97. The van der Waals surface area contributed by atoms with Crippen LogP contribution in [0.15, 0.2) is 67.0 Å². The van der Waals surface area contributed by atoms with Crippen LogP contribution in [0.3, 0.4) is 0 Å². The number of amides is 1. The third kappa shape index (κ3) is 6.44. The Morgan fingerprint density at radius 3 is 2.47 bits per heavy atom. The fraction of sp³-hybridized carbons (Fsp3) is 0.385. The summed E-state index contributed by atoms with van der Waals surface area (Å²) in [6.07, 6.45) is 7.96. The number of ether oxygens (including phenoxy) is 1. The van der Waals surface area contributed by atoms with Gasteiger partial charge >= 0.3 is 0 Å². The maximum absolute atomic E-state index is 12.4. The molecule has 2 heterocycles. The SMILES string of the molecule is Cn1cc(CCNC(=O)c2ccc(OC3CCN(CCc4ccccc4)CC3)cc2)cn1. The minimum atomic E-state index is -0.0628. The Labute approximate surface area is 190 Å². The zero-order valence-electron chi connectivity index (χ0n) is 18.7. The first-order valence-corrected chi connectivity index (χ1v) is 11.4. The molecule has 32 heavy (non-hydrogen) atoms. The highest BCUT2D eigenvalue weighted by Gasteiger charge is 2.20. The van der Waals surface area contributed by atoms with E-state index in [1.807, 2.05) is 43.7 Å². The Balaban J connectivity index is 1.16. The number of hydrogen-bond donors (Lipinski definition) is 1. The summed E-state index contributed by atoms with van der Waals surface area (Å²) in [4.78, 5) is 14.9. The second kappa shape index (κ2) is 11.0. The molecule has 2 aromatic carbocycles. The highest BCUT2D eigenvalue weighted by atomic mass is 16.5. The largest absolute Gasteiger partial charge is 0.490 e. The lowest BCUT2D eigenvalue weighted by atomic mass is 10.1. The standard InChI is InChI=1S/C26H32N4O2/c1-29-20-22(19-28-29)11-15-27-26(31)23-7-9-24(10-8-23)32-25-13-17-30(18-14-25)16-12-21-5-3-2-4-6-21/h2-10,19-20,25H,11-18H2,1H3,(H,27,31). The normalized spacial score (nSPS) is 14.9. The number of nitrogens with one attached hydrogen (secondary N) is 1. The van der Waals surface area contributed by atoms with Gasteiger partial charge in [-0.05, 0) is 61.1 Å². The van der Waals surface area contributed by atoms with Gasteiger partial charge in [-0.25, -0.2) is 0 Å². The zero-order chi connectivity index (χ0) is 22.2. The van der Waals surface area contributed by atoms with Crippen molar-refractivity contribution in [3.05, 3.63) is 83.7 Å². The van der Waals surface area contributed by atoms with E-state index in [0.29, 0.717) is 12.1 Å². The Kier molecular flexibility index (Phi) is 7.56. The maximum Gasteiger partial charge on any atom is 0.251 e. The van der Waals surface area contributed by atoms with Crippen LogP contribution in [0.4, 0.5) is 0 Å². The number of aromatic nitrogens is 2. The van der Waals surface area contributed by atoms with E-state index in [1.165, 1.54) is 5.56 Å². The van der Waals surface area contributed by atoms with Gasteiger partial charge < -0.3 is 15.0 Å². The van der Waals surface area contributed by atoms with Gasteiger partial charge in [0.1, 0.15) is 11.9 Å². The van der Waals surface area contributed by atoms with E-state index in [2.05, 4.69) is 45.6 Å². The first-order valence-electron chi connectivity index (χ1n) is 11.4. The van der Waals surface area contributed by atoms with E-state index in [-0.39, 0.29) is 12.0 Å². The number of piperidine rings is 1. The molecule has 4 rings (SSSR count). The Bertz CT molecular complexity index is 977. The average molecular weight is 433 g/mol. The second-order valence-corrected chi connectivity index (χ2v) is 8.45. The number of rotatable bonds is 9. The van der Waals surface area contributed by atoms with Crippen molar-refractivity contribution in [3.63, 3.8) is 0 Å². The lowest BCUT2D eigenvalue weighted by molar-refractivity contribution is 0.0953. The molecule has 0 atom stereocenters. The molecule has 1 aromatic heterocycles. The van der Waals surface area contributed by atoms with Crippen molar-refractivity contribution in [3.8, 4) is 5.75 Å². The summed E-state index contributed by atoms with van der Waals surface area (Å²) in [7, 11) is 1.89. The number of hydrogen-bond acceptors (Lipinski definition) is 4. The first kappa shape index (κ1) is 22.1. The van der Waals surface area contributed by atoms with Gasteiger partial charge in [0.05, 0.1) is 6.20 Å². The molecule has 1 N–H and O–H groups in total. The van der Waals surface area contributed by atoms with Crippen molar-refractivity contribution in [1.82, 2.24) is 20.0 Å². The summed E-state index contributed by atoms with van der Waals surface area (Å²) < 4.78 is 7.94. The van der Waals surface area contributed by atoms with Crippen molar-refractivity contribution in [2.75, 3.05) is 26.2 Å². The monoisotopic (exact) mass is 432 g/mol. The summed E-state index contributed by atoms with van der Waals surface area (Å²) in [5.41, 5.74) is 3.16. The Morgan fingerprint density at radius 1 is 1.03 bits per heavy atom. The molecule has 1 saturated heterocycles.